The van der Waals surface area contributed by atoms with Gasteiger partial charge in [-0.1, -0.05) is 11.6 Å². The molecule has 2 rings (SSSR count). The Morgan fingerprint density at radius 3 is 2.43 bits per heavy atom. The van der Waals surface area contributed by atoms with Crippen molar-refractivity contribution in [2.75, 3.05) is 39.3 Å². The molecule has 0 radical (unpaired) electrons. The second-order valence-corrected chi connectivity index (χ2v) is 8.70. The molecule has 1 saturated heterocycles. The summed E-state index contributed by atoms with van der Waals surface area (Å²) < 4.78 is 26.8. The molecule has 0 unspecified atom stereocenters. The van der Waals surface area contributed by atoms with Crippen molar-refractivity contribution >= 4 is 44.8 Å². The third-order valence-corrected chi connectivity index (χ3v) is 6.95. The summed E-state index contributed by atoms with van der Waals surface area (Å²) in [6, 6.07) is 3.02. The van der Waals surface area contributed by atoms with Crippen LogP contribution in [-0.4, -0.2) is 68.7 Å². The van der Waals surface area contributed by atoms with Gasteiger partial charge in [-0.05, 0) is 12.1 Å². The second kappa shape index (κ2) is 7.58. The van der Waals surface area contributed by atoms with Gasteiger partial charge in [0.2, 0.25) is 11.8 Å². The van der Waals surface area contributed by atoms with E-state index in [-0.39, 0.29) is 49.4 Å². The fourth-order valence-corrected chi connectivity index (χ4v) is 5.16. The number of carbonyl (C=O) groups excluding carboxylic acids is 2. The van der Waals surface area contributed by atoms with Gasteiger partial charge in [0.05, 0.1) is 17.4 Å². The van der Waals surface area contributed by atoms with Gasteiger partial charge < -0.3 is 16.0 Å². The predicted octanol–water partition coefficient (Wildman–Crippen LogP) is -0.691. The number of hydrogen-bond acceptors (Lipinski definition) is 6. The maximum absolute atomic E-state index is 12.4. The van der Waals surface area contributed by atoms with Crippen LogP contribution in [0.1, 0.15) is 0 Å². The van der Waals surface area contributed by atoms with Crippen molar-refractivity contribution < 1.29 is 18.0 Å². The Kier molecular flexibility index (Phi) is 5.98. The fraction of sp³-hybridized carbons (Fsp3) is 0.500. The number of nitrogens with one attached hydrogen (secondary N) is 1. The van der Waals surface area contributed by atoms with E-state index in [0.29, 0.717) is 4.34 Å². The molecule has 1 fully saturated rings. The molecule has 0 atom stereocenters. The van der Waals surface area contributed by atoms with Crippen molar-refractivity contribution in [3.05, 3.63) is 16.5 Å². The van der Waals surface area contributed by atoms with Crippen LogP contribution in [0.4, 0.5) is 0 Å². The topological polar surface area (TPSA) is 113 Å². The molecule has 8 nitrogen and oxygen atoms in total. The number of rotatable bonds is 5. The molecule has 1 aliphatic heterocycles. The lowest BCUT2D eigenvalue weighted by Gasteiger charge is -2.33. The average Bonchev–Trinajstić information content (AvgIpc) is 2.99. The number of sulfonamides is 1. The maximum atomic E-state index is 12.4. The average molecular weight is 381 g/mol. The summed E-state index contributed by atoms with van der Waals surface area (Å²) in [6.45, 7) is 0.639. The number of amides is 2. The highest BCUT2D eigenvalue weighted by atomic mass is 35.5. The van der Waals surface area contributed by atoms with E-state index in [0.717, 1.165) is 11.3 Å². The molecule has 128 valence electrons. The minimum atomic E-state index is -3.58. The summed E-state index contributed by atoms with van der Waals surface area (Å²) in [4.78, 5) is 24.5. The fourth-order valence-electron chi connectivity index (χ4n) is 2.10. The van der Waals surface area contributed by atoms with E-state index in [1.165, 1.54) is 15.3 Å². The van der Waals surface area contributed by atoms with Gasteiger partial charge in [0, 0.05) is 26.2 Å². The zero-order valence-corrected chi connectivity index (χ0v) is 14.6. The molecule has 2 heterocycles. The number of nitrogens with two attached hydrogens (primary N) is 1. The number of thiophene rings is 1. The quantitative estimate of drug-likeness (QED) is 0.702. The first-order valence-corrected chi connectivity index (χ1v) is 9.48. The van der Waals surface area contributed by atoms with E-state index < -0.39 is 15.9 Å². The Morgan fingerprint density at radius 1 is 1.26 bits per heavy atom. The maximum Gasteiger partial charge on any atom is 0.252 e. The lowest BCUT2D eigenvalue weighted by molar-refractivity contribution is -0.133. The molecule has 0 aromatic carbocycles. The standard InChI is InChI=1S/C12H17ClN4O4S2/c13-9-1-2-12(22-9)23(20,21)17-5-3-16(4-6-17)11(19)8-15-10(18)7-14/h1-2H,3-8,14H2,(H,15,18). The van der Waals surface area contributed by atoms with Crippen LogP contribution in [0.3, 0.4) is 0 Å². The molecule has 1 aliphatic rings. The largest absolute Gasteiger partial charge is 0.346 e. The van der Waals surface area contributed by atoms with Gasteiger partial charge in [0.15, 0.2) is 0 Å². The first kappa shape index (κ1) is 18.1. The van der Waals surface area contributed by atoms with Gasteiger partial charge in [-0.3, -0.25) is 9.59 Å². The van der Waals surface area contributed by atoms with E-state index in [1.54, 1.807) is 6.07 Å². The summed E-state index contributed by atoms with van der Waals surface area (Å²) in [6.07, 6.45) is 0. The third-order valence-electron chi connectivity index (χ3n) is 3.36. The van der Waals surface area contributed by atoms with Crippen LogP contribution in [0.15, 0.2) is 16.3 Å². The van der Waals surface area contributed by atoms with Gasteiger partial charge in [-0.25, -0.2) is 8.42 Å². The summed E-state index contributed by atoms with van der Waals surface area (Å²) >= 11 is 6.79. The van der Waals surface area contributed by atoms with Gasteiger partial charge in [0.25, 0.3) is 10.0 Å². The van der Waals surface area contributed by atoms with Crippen LogP contribution in [0.2, 0.25) is 4.34 Å². The Hall–Kier alpha value is -1.20. The first-order valence-electron chi connectivity index (χ1n) is 6.84. The number of nitrogens with zero attached hydrogens (tertiary/aromatic N) is 2. The normalized spacial score (nSPS) is 16.3. The molecule has 3 N–H and O–H groups in total. The van der Waals surface area contributed by atoms with Crippen molar-refractivity contribution in [2.45, 2.75) is 4.21 Å². The van der Waals surface area contributed by atoms with E-state index >= 15 is 0 Å². The van der Waals surface area contributed by atoms with Crippen molar-refractivity contribution in [3.8, 4) is 0 Å². The molecule has 0 bridgehead atoms. The van der Waals surface area contributed by atoms with Crippen molar-refractivity contribution in [1.29, 1.82) is 0 Å². The molecule has 1 aromatic rings. The summed E-state index contributed by atoms with van der Waals surface area (Å²) in [5.41, 5.74) is 5.14. The molecular weight excluding hydrogens is 364 g/mol. The third kappa shape index (κ3) is 4.42. The van der Waals surface area contributed by atoms with Crippen LogP contribution in [0, 0.1) is 0 Å². The molecule has 2 amide bonds. The Morgan fingerprint density at radius 2 is 1.91 bits per heavy atom. The molecule has 23 heavy (non-hydrogen) atoms. The highest BCUT2D eigenvalue weighted by molar-refractivity contribution is 7.91. The Bertz CT molecular complexity index is 683. The molecular formula is C12H17ClN4O4S2. The predicted molar refractivity (Wildman–Crippen MR) is 86.7 cm³/mol. The van der Waals surface area contributed by atoms with Crippen molar-refractivity contribution in [1.82, 2.24) is 14.5 Å². The molecule has 1 aromatic heterocycles. The lowest BCUT2D eigenvalue weighted by atomic mass is 10.3. The summed E-state index contributed by atoms with van der Waals surface area (Å²) in [5.74, 6) is -0.669. The Labute approximate surface area is 143 Å². The van der Waals surface area contributed by atoms with Crippen LogP contribution in [0.25, 0.3) is 0 Å². The van der Waals surface area contributed by atoms with Gasteiger partial charge in [0.1, 0.15) is 4.21 Å². The van der Waals surface area contributed by atoms with E-state index in [1.807, 2.05) is 0 Å². The number of piperazine rings is 1. The molecule has 0 spiro atoms. The van der Waals surface area contributed by atoms with Gasteiger partial charge in [-0.15, -0.1) is 11.3 Å². The molecule has 0 saturated carbocycles. The minimum absolute atomic E-state index is 0.136. The highest BCUT2D eigenvalue weighted by Gasteiger charge is 2.31. The van der Waals surface area contributed by atoms with Crippen LogP contribution in [0.5, 0.6) is 0 Å². The lowest BCUT2D eigenvalue weighted by Crippen LogP contribution is -2.52. The van der Waals surface area contributed by atoms with E-state index in [2.05, 4.69) is 5.32 Å². The summed E-state index contributed by atoms with van der Waals surface area (Å²) in [7, 11) is -3.58. The van der Waals surface area contributed by atoms with Crippen LogP contribution >= 0.6 is 22.9 Å². The second-order valence-electron chi connectivity index (χ2n) is 4.82. The zero-order chi connectivity index (χ0) is 17.0. The molecule has 0 aliphatic carbocycles. The minimum Gasteiger partial charge on any atom is -0.346 e. The van der Waals surface area contributed by atoms with Gasteiger partial charge >= 0.3 is 0 Å². The highest BCUT2D eigenvalue weighted by Crippen LogP contribution is 2.28. The number of halogens is 1. The van der Waals surface area contributed by atoms with E-state index in [9.17, 15) is 18.0 Å². The zero-order valence-electron chi connectivity index (χ0n) is 12.2. The number of hydrogen-bond donors (Lipinski definition) is 2. The summed E-state index contributed by atoms with van der Waals surface area (Å²) in [5, 5.41) is 2.40. The van der Waals surface area contributed by atoms with Crippen LogP contribution in [-0.2, 0) is 19.6 Å². The van der Waals surface area contributed by atoms with E-state index in [4.69, 9.17) is 17.3 Å². The van der Waals surface area contributed by atoms with Crippen molar-refractivity contribution in [2.24, 2.45) is 5.73 Å². The SMILES string of the molecule is NCC(=O)NCC(=O)N1CCN(S(=O)(=O)c2ccc(Cl)s2)CC1. The molecule has 11 heteroatoms. The monoisotopic (exact) mass is 380 g/mol. The van der Waals surface area contributed by atoms with Gasteiger partial charge in [-0.2, -0.15) is 4.31 Å². The Balaban J connectivity index is 1.91. The van der Waals surface area contributed by atoms with Crippen molar-refractivity contribution in [3.63, 3.8) is 0 Å². The number of carbonyl (C=O) groups is 2. The first-order chi connectivity index (χ1) is 10.8. The smallest absolute Gasteiger partial charge is 0.252 e. The van der Waals surface area contributed by atoms with Crippen LogP contribution < -0.4 is 11.1 Å².